The number of carbonyl (C=O) groups excluding carboxylic acids is 2. The molecule has 0 unspecified atom stereocenters. The number of methoxy groups -OCH3 is 1. The molecule has 2 fully saturated rings. The van der Waals surface area contributed by atoms with Crippen molar-refractivity contribution in [2.75, 3.05) is 13.7 Å². The van der Waals surface area contributed by atoms with Gasteiger partial charge in [-0.1, -0.05) is 12.8 Å². The van der Waals surface area contributed by atoms with Crippen molar-refractivity contribution in [1.82, 2.24) is 5.32 Å². The molecule has 0 saturated heterocycles. The van der Waals surface area contributed by atoms with E-state index in [9.17, 15) is 9.59 Å². The van der Waals surface area contributed by atoms with Gasteiger partial charge in [0, 0.05) is 39.0 Å². The fourth-order valence-electron chi connectivity index (χ4n) is 4.17. The van der Waals surface area contributed by atoms with Crippen LogP contribution < -0.4 is 5.32 Å². The minimum absolute atomic E-state index is 0.249. The fraction of sp³-hybridized carbons (Fsp3) is 0.800. The van der Waals surface area contributed by atoms with Gasteiger partial charge in [-0.2, -0.15) is 0 Å². The van der Waals surface area contributed by atoms with Crippen molar-refractivity contribution < 1.29 is 18.7 Å². The summed E-state index contributed by atoms with van der Waals surface area (Å²) in [7, 11) is 1.34. The fourth-order valence-corrected chi connectivity index (χ4v) is 4.17. The molecule has 1 N–H and O–H groups in total. The van der Waals surface area contributed by atoms with Gasteiger partial charge in [0.05, 0.1) is 7.11 Å². The van der Waals surface area contributed by atoms with Crippen LogP contribution in [0.1, 0.15) is 77.6 Å². The standard InChI is InChI=1S/C20H33NO4/c1-16(22)21-19(20(23)24-2)14-9-15-25(17-10-5-3-6-11-17)18-12-7-4-8-13-18/h14,17-18H,3-13,15H2,1-2H3/p+1/b19-14-. The summed E-state index contributed by atoms with van der Waals surface area (Å²) in [5, 5.41) is 2.58. The number of nitrogens with one attached hydrogen (secondary N) is 1. The average molecular weight is 352 g/mol. The summed E-state index contributed by atoms with van der Waals surface area (Å²) in [6.07, 6.45) is 16.8. The molecule has 0 aromatic heterocycles. The smallest absolute Gasteiger partial charge is 0.354 e. The lowest BCUT2D eigenvalue weighted by atomic mass is 9.94. The van der Waals surface area contributed by atoms with Gasteiger partial charge < -0.3 is 14.4 Å². The van der Waals surface area contributed by atoms with Crippen LogP contribution in [0.2, 0.25) is 0 Å². The highest BCUT2D eigenvalue weighted by Gasteiger charge is 2.33. The number of hydrogen-bond acceptors (Lipinski definition) is 3. The largest absolute Gasteiger partial charge is 0.464 e. The Morgan fingerprint density at radius 3 is 1.96 bits per heavy atom. The summed E-state index contributed by atoms with van der Waals surface area (Å²) in [6.45, 7) is 2.28. The van der Waals surface area contributed by atoms with Crippen molar-refractivity contribution in [3.05, 3.63) is 11.8 Å². The van der Waals surface area contributed by atoms with E-state index in [-0.39, 0.29) is 11.6 Å². The van der Waals surface area contributed by atoms with Crippen LogP contribution in [0.15, 0.2) is 11.8 Å². The van der Waals surface area contributed by atoms with Crippen molar-refractivity contribution >= 4 is 11.9 Å². The van der Waals surface area contributed by atoms with Gasteiger partial charge in [0.25, 0.3) is 0 Å². The van der Waals surface area contributed by atoms with Crippen LogP contribution in [0, 0.1) is 0 Å². The summed E-state index contributed by atoms with van der Waals surface area (Å²) < 4.78 is 8.43. The molecule has 0 radical (unpaired) electrons. The molecule has 2 aliphatic rings. The Bertz CT molecular complexity index is 444. The van der Waals surface area contributed by atoms with E-state index in [0.29, 0.717) is 12.2 Å². The normalized spacial score (nSPS) is 20.5. The molecule has 0 bridgehead atoms. The molecule has 0 aromatic rings. The van der Waals surface area contributed by atoms with Crippen LogP contribution in [0.3, 0.4) is 0 Å². The molecule has 2 saturated carbocycles. The van der Waals surface area contributed by atoms with Gasteiger partial charge in [-0.05, 0) is 31.8 Å². The number of hydrogen-bond donors (Lipinski definition) is 1. The van der Waals surface area contributed by atoms with E-state index in [0.717, 1.165) is 13.0 Å². The van der Waals surface area contributed by atoms with E-state index in [1.165, 1.54) is 78.2 Å². The molecule has 2 rings (SSSR count). The number of rotatable bonds is 7. The van der Waals surface area contributed by atoms with E-state index in [2.05, 4.69) is 9.68 Å². The maximum Gasteiger partial charge on any atom is 0.354 e. The lowest BCUT2D eigenvalue weighted by molar-refractivity contribution is -0.251. The molecule has 2 aliphatic carbocycles. The minimum atomic E-state index is -0.484. The molecule has 0 aromatic carbocycles. The Hall–Kier alpha value is -1.36. The number of carbonyl (C=O) groups is 2. The number of amides is 1. The monoisotopic (exact) mass is 352 g/mol. The van der Waals surface area contributed by atoms with E-state index in [1.807, 2.05) is 0 Å². The highest BCUT2D eigenvalue weighted by Crippen LogP contribution is 2.33. The van der Waals surface area contributed by atoms with Gasteiger partial charge >= 0.3 is 5.97 Å². The first-order valence-electron chi connectivity index (χ1n) is 9.86. The van der Waals surface area contributed by atoms with Crippen molar-refractivity contribution in [2.45, 2.75) is 89.8 Å². The van der Waals surface area contributed by atoms with Crippen LogP contribution >= 0.6 is 0 Å². The molecule has 25 heavy (non-hydrogen) atoms. The van der Waals surface area contributed by atoms with Crippen molar-refractivity contribution in [1.29, 1.82) is 0 Å². The summed E-state index contributed by atoms with van der Waals surface area (Å²) in [5.74, 6) is -0.734. The Morgan fingerprint density at radius 1 is 1.00 bits per heavy atom. The highest BCUT2D eigenvalue weighted by atomic mass is 16.7. The van der Waals surface area contributed by atoms with Crippen molar-refractivity contribution in [3.63, 3.8) is 0 Å². The third kappa shape index (κ3) is 6.46. The third-order valence-electron chi connectivity index (χ3n) is 5.38. The van der Waals surface area contributed by atoms with Crippen LogP contribution in [0.25, 0.3) is 0 Å². The van der Waals surface area contributed by atoms with Crippen molar-refractivity contribution in [3.8, 4) is 0 Å². The lowest BCUT2D eigenvalue weighted by Crippen LogP contribution is -2.39. The topological polar surface area (TPSA) is 58.1 Å². The summed E-state index contributed by atoms with van der Waals surface area (Å²) >= 11 is 0. The first-order valence-corrected chi connectivity index (χ1v) is 9.86. The zero-order valence-electron chi connectivity index (χ0n) is 15.9. The SMILES string of the molecule is COC(=O)/C(=C/CC[O+](C1CCCCC1)C1CCCCC1)NC(C)=O. The predicted molar refractivity (Wildman–Crippen MR) is 98.2 cm³/mol. The van der Waals surface area contributed by atoms with Gasteiger partial charge in [0.1, 0.15) is 12.3 Å². The van der Waals surface area contributed by atoms with Gasteiger partial charge in [0.15, 0.2) is 12.2 Å². The Labute approximate surface area is 151 Å². The summed E-state index contributed by atoms with van der Waals surface area (Å²) in [5.41, 5.74) is 0.253. The zero-order chi connectivity index (χ0) is 18.1. The number of esters is 1. The van der Waals surface area contributed by atoms with E-state index in [1.54, 1.807) is 6.08 Å². The van der Waals surface area contributed by atoms with E-state index >= 15 is 0 Å². The molecular weight excluding hydrogens is 318 g/mol. The first kappa shape index (κ1) is 20.0. The highest BCUT2D eigenvalue weighted by molar-refractivity contribution is 5.93. The Morgan fingerprint density at radius 2 is 1.52 bits per heavy atom. The first-order chi connectivity index (χ1) is 12.1. The quantitative estimate of drug-likeness (QED) is 0.431. The van der Waals surface area contributed by atoms with Crippen LogP contribution in [-0.4, -0.2) is 37.8 Å². The van der Waals surface area contributed by atoms with Crippen molar-refractivity contribution in [2.24, 2.45) is 0 Å². The maximum atomic E-state index is 11.8. The summed E-state index contributed by atoms with van der Waals surface area (Å²) in [6, 6.07) is 0. The maximum absolute atomic E-state index is 11.8. The molecule has 1 amide bonds. The molecule has 0 heterocycles. The summed E-state index contributed by atoms with van der Waals surface area (Å²) in [4.78, 5) is 23.1. The molecule has 5 heteroatoms. The van der Waals surface area contributed by atoms with Crippen LogP contribution in [0.5, 0.6) is 0 Å². The molecule has 142 valence electrons. The minimum Gasteiger partial charge on any atom is -0.464 e. The molecular formula is C20H34NO4+. The average Bonchev–Trinajstić information content (AvgIpc) is 2.64. The van der Waals surface area contributed by atoms with Crippen LogP contribution in [-0.2, 0) is 18.7 Å². The van der Waals surface area contributed by atoms with E-state index < -0.39 is 5.97 Å². The Balaban J connectivity index is 2.00. The molecule has 0 spiro atoms. The zero-order valence-corrected chi connectivity index (χ0v) is 15.9. The Kier molecular flexibility index (Phi) is 8.45. The molecule has 0 atom stereocenters. The molecule has 0 aliphatic heterocycles. The van der Waals surface area contributed by atoms with E-state index in [4.69, 9.17) is 4.74 Å². The second kappa shape index (κ2) is 10.6. The van der Waals surface area contributed by atoms with Crippen LogP contribution in [0.4, 0.5) is 0 Å². The molecule has 5 nitrogen and oxygen atoms in total. The van der Waals surface area contributed by atoms with Gasteiger partial charge in [-0.15, -0.1) is 0 Å². The van der Waals surface area contributed by atoms with Gasteiger partial charge in [-0.3, -0.25) is 4.79 Å². The third-order valence-corrected chi connectivity index (χ3v) is 5.38. The second-order valence-electron chi connectivity index (χ2n) is 7.27. The second-order valence-corrected chi connectivity index (χ2v) is 7.27. The van der Waals surface area contributed by atoms with Gasteiger partial charge in [-0.25, -0.2) is 4.79 Å². The van der Waals surface area contributed by atoms with Gasteiger partial charge in [0.2, 0.25) is 5.91 Å². The lowest BCUT2D eigenvalue weighted by Gasteiger charge is -2.38. The number of ether oxygens (including phenoxy) is 1. The predicted octanol–water partition coefficient (Wildman–Crippen LogP) is 3.79.